The van der Waals surface area contributed by atoms with Crippen LogP contribution < -0.4 is 9.47 Å². The zero-order chi connectivity index (χ0) is 25.9. The van der Waals surface area contributed by atoms with Gasteiger partial charge in [-0.2, -0.15) is 0 Å². The lowest BCUT2D eigenvalue weighted by Gasteiger charge is -2.30. The minimum absolute atomic E-state index is 0.0114. The Labute approximate surface area is 214 Å². The Morgan fingerprint density at radius 2 is 1.84 bits per heavy atom. The molecule has 2 aromatic carbocycles. The Balaban J connectivity index is 1.48. The first-order chi connectivity index (χ1) is 18.0. The Hall–Kier alpha value is -3.82. The summed E-state index contributed by atoms with van der Waals surface area (Å²) in [7, 11) is 3.08. The number of hydrogen-bond acceptors (Lipinski definition) is 8. The summed E-state index contributed by atoms with van der Waals surface area (Å²) in [6.45, 7) is 4.22. The average molecular weight is 507 g/mol. The molecule has 0 unspecified atom stereocenters. The third-order valence-electron chi connectivity index (χ3n) is 6.89. The van der Waals surface area contributed by atoms with Crippen LogP contribution in [0.1, 0.15) is 28.6 Å². The highest BCUT2D eigenvalue weighted by atomic mass is 16.5. The van der Waals surface area contributed by atoms with Gasteiger partial charge in [-0.05, 0) is 36.2 Å². The van der Waals surface area contributed by atoms with E-state index in [1.165, 1.54) is 7.11 Å². The molecular weight excluding hydrogens is 476 g/mol. The van der Waals surface area contributed by atoms with E-state index in [0.717, 1.165) is 19.6 Å². The second kappa shape index (κ2) is 10.7. The van der Waals surface area contributed by atoms with Gasteiger partial charge in [0.05, 0.1) is 39.0 Å². The van der Waals surface area contributed by atoms with Crippen molar-refractivity contribution in [2.75, 3.05) is 53.6 Å². The van der Waals surface area contributed by atoms with Gasteiger partial charge < -0.3 is 28.6 Å². The van der Waals surface area contributed by atoms with Crippen molar-refractivity contribution >= 4 is 22.7 Å². The number of hydrogen-bond donors (Lipinski definition) is 1. The summed E-state index contributed by atoms with van der Waals surface area (Å²) < 4.78 is 22.0. The van der Waals surface area contributed by atoms with Crippen LogP contribution >= 0.6 is 0 Å². The summed E-state index contributed by atoms with van der Waals surface area (Å²) >= 11 is 0. The largest absolute Gasteiger partial charge is 0.503 e. The number of benzene rings is 2. The summed E-state index contributed by atoms with van der Waals surface area (Å²) in [4.78, 5) is 30.9. The molecule has 5 rings (SSSR count). The number of carbonyl (C=O) groups is 2. The van der Waals surface area contributed by atoms with Crippen LogP contribution in [-0.2, 0) is 9.53 Å². The molecule has 3 heterocycles. The predicted octanol–water partition coefficient (Wildman–Crippen LogP) is 3.75. The van der Waals surface area contributed by atoms with Gasteiger partial charge in [-0.25, -0.2) is 0 Å². The molecule has 37 heavy (non-hydrogen) atoms. The number of ketones is 1. The van der Waals surface area contributed by atoms with E-state index in [-0.39, 0.29) is 11.3 Å². The van der Waals surface area contributed by atoms with Gasteiger partial charge in [-0.3, -0.25) is 14.5 Å². The summed E-state index contributed by atoms with van der Waals surface area (Å²) in [5, 5.41) is 11.7. The molecule has 0 bridgehead atoms. The number of aliphatic hydroxyl groups is 1. The molecule has 2 aliphatic heterocycles. The zero-order valence-electron chi connectivity index (χ0n) is 20.9. The Morgan fingerprint density at radius 1 is 1.05 bits per heavy atom. The summed E-state index contributed by atoms with van der Waals surface area (Å²) in [6.07, 6.45) is 0.683. The van der Waals surface area contributed by atoms with Crippen LogP contribution in [0.5, 0.6) is 11.5 Å². The highest BCUT2D eigenvalue weighted by molar-refractivity contribution is 6.16. The zero-order valence-corrected chi connectivity index (χ0v) is 20.9. The van der Waals surface area contributed by atoms with Gasteiger partial charge in [0, 0.05) is 31.6 Å². The van der Waals surface area contributed by atoms with Gasteiger partial charge in [0.1, 0.15) is 5.75 Å². The van der Waals surface area contributed by atoms with Crippen molar-refractivity contribution in [1.82, 2.24) is 9.80 Å². The van der Waals surface area contributed by atoms with Crippen LogP contribution in [0.3, 0.4) is 0 Å². The van der Waals surface area contributed by atoms with Crippen molar-refractivity contribution in [3.63, 3.8) is 0 Å². The van der Waals surface area contributed by atoms with E-state index in [9.17, 15) is 14.7 Å². The van der Waals surface area contributed by atoms with Crippen LogP contribution in [0.2, 0.25) is 0 Å². The maximum atomic E-state index is 13.8. The number of furan rings is 1. The molecular formula is C28H30N2O7. The van der Waals surface area contributed by atoms with Crippen LogP contribution in [0.15, 0.2) is 64.3 Å². The van der Waals surface area contributed by atoms with E-state index in [0.29, 0.717) is 54.2 Å². The highest BCUT2D eigenvalue weighted by Gasteiger charge is 2.44. The Kier molecular flexibility index (Phi) is 7.16. The van der Waals surface area contributed by atoms with Gasteiger partial charge in [0.2, 0.25) is 5.78 Å². The van der Waals surface area contributed by atoms with E-state index in [2.05, 4.69) is 4.90 Å². The van der Waals surface area contributed by atoms with E-state index >= 15 is 0 Å². The summed E-state index contributed by atoms with van der Waals surface area (Å²) in [6, 6.07) is 13.4. The minimum atomic E-state index is -0.783. The quantitative estimate of drug-likeness (QED) is 0.438. The molecule has 9 heteroatoms. The monoisotopic (exact) mass is 506 g/mol. The molecule has 194 valence electrons. The molecule has 3 aromatic rings. The highest BCUT2D eigenvalue weighted by Crippen LogP contribution is 2.41. The van der Waals surface area contributed by atoms with Gasteiger partial charge in [0.15, 0.2) is 22.9 Å². The molecule has 9 nitrogen and oxygen atoms in total. The van der Waals surface area contributed by atoms with Crippen molar-refractivity contribution in [2.45, 2.75) is 12.5 Å². The number of morpholine rings is 1. The van der Waals surface area contributed by atoms with Crippen LogP contribution in [0.25, 0.3) is 11.0 Å². The number of Topliss-reactive ketones (excluding diaryl/α,β-unsaturated/α-hetero) is 1. The van der Waals surface area contributed by atoms with E-state index in [1.54, 1.807) is 48.4 Å². The lowest BCUT2D eigenvalue weighted by Crippen LogP contribution is -2.39. The van der Waals surface area contributed by atoms with Crippen molar-refractivity contribution < 1.29 is 33.3 Å². The number of fused-ring (bicyclic) bond motifs is 1. The number of aliphatic hydroxyl groups excluding tert-OH is 1. The fourth-order valence-corrected chi connectivity index (χ4v) is 5.01. The third-order valence-corrected chi connectivity index (χ3v) is 6.89. The SMILES string of the molecule is COc1cccc([C@H]2C(C(=O)c3cc4cccc(OC)c4o3)=C(O)C(=O)N2CCCN2CCOCC2)c1. The fourth-order valence-electron chi connectivity index (χ4n) is 5.01. The lowest BCUT2D eigenvalue weighted by molar-refractivity contribution is -0.129. The van der Waals surface area contributed by atoms with E-state index < -0.39 is 23.5 Å². The van der Waals surface area contributed by atoms with Gasteiger partial charge in [-0.1, -0.05) is 24.3 Å². The maximum Gasteiger partial charge on any atom is 0.290 e. The number of rotatable bonds is 9. The molecule has 2 aliphatic rings. The number of para-hydroxylation sites is 1. The first-order valence-electron chi connectivity index (χ1n) is 12.3. The number of carbonyl (C=O) groups excluding carboxylic acids is 2. The van der Waals surface area contributed by atoms with Crippen molar-refractivity contribution in [3.8, 4) is 11.5 Å². The third kappa shape index (κ3) is 4.80. The average Bonchev–Trinajstić information content (AvgIpc) is 3.48. The molecule has 1 saturated heterocycles. The smallest absolute Gasteiger partial charge is 0.290 e. The number of amides is 1. The molecule has 1 aromatic heterocycles. The second-order valence-corrected chi connectivity index (χ2v) is 9.07. The molecule has 0 spiro atoms. The van der Waals surface area contributed by atoms with E-state index in [1.807, 2.05) is 12.1 Å². The van der Waals surface area contributed by atoms with Crippen LogP contribution in [-0.4, -0.2) is 80.2 Å². The summed E-state index contributed by atoms with van der Waals surface area (Å²) in [5.41, 5.74) is 1.08. The van der Waals surface area contributed by atoms with Gasteiger partial charge >= 0.3 is 0 Å². The number of ether oxygens (including phenoxy) is 3. The van der Waals surface area contributed by atoms with Gasteiger partial charge in [-0.15, -0.1) is 0 Å². The van der Waals surface area contributed by atoms with Crippen molar-refractivity contribution in [2.24, 2.45) is 0 Å². The number of methoxy groups -OCH3 is 2. The Morgan fingerprint density at radius 3 is 2.59 bits per heavy atom. The predicted molar refractivity (Wildman–Crippen MR) is 136 cm³/mol. The molecule has 0 saturated carbocycles. The molecule has 1 atom stereocenters. The lowest BCUT2D eigenvalue weighted by atomic mass is 9.94. The number of nitrogens with zero attached hydrogens (tertiary/aromatic N) is 2. The molecule has 0 radical (unpaired) electrons. The second-order valence-electron chi connectivity index (χ2n) is 9.07. The van der Waals surface area contributed by atoms with Gasteiger partial charge in [0.25, 0.3) is 5.91 Å². The summed E-state index contributed by atoms with van der Waals surface area (Å²) in [5.74, 6) is -0.579. The van der Waals surface area contributed by atoms with Crippen LogP contribution in [0.4, 0.5) is 0 Å². The van der Waals surface area contributed by atoms with Crippen molar-refractivity contribution in [1.29, 1.82) is 0 Å². The normalized spacial score (nSPS) is 18.6. The first-order valence-corrected chi connectivity index (χ1v) is 12.3. The topological polar surface area (TPSA) is 102 Å². The maximum absolute atomic E-state index is 13.8. The minimum Gasteiger partial charge on any atom is -0.503 e. The Bertz CT molecular complexity index is 1340. The standard InChI is InChI=1S/C28H30N2O7/c1-34-20-8-3-6-18(16-20)24-23(25(31)22-17-19-7-4-9-21(35-2)27(19)37-22)26(32)28(33)30(24)11-5-10-29-12-14-36-15-13-29/h3-4,6-9,16-17,24,32H,5,10-15H2,1-2H3/t24-/m0/s1. The van der Waals surface area contributed by atoms with Crippen LogP contribution in [0, 0.1) is 0 Å². The molecule has 1 N–H and O–H groups in total. The first kappa shape index (κ1) is 24.9. The fraction of sp³-hybridized carbons (Fsp3) is 0.357. The molecule has 1 amide bonds. The van der Waals surface area contributed by atoms with Crippen molar-refractivity contribution in [3.05, 3.63) is 71.2 Å². The molecule has 1 fully saturated rings. The van der Waals surface area contributed by atoms with E-state index in [4.69, 9.17) is 18.6 Å². The molecule has 0 aliphatic carbocycles.